The molecule has 2 rings (SSSR count). The summed E-state index contributed by atoms with van der Waals surface area (Å²) in [4.78, 5) is 14.2. The first kappa shape index (κ1) is 19.7. The largest absolute Gasteiger partial charge is 0.493 e. The van der Waals surface area contributed by atoms with Gasteiger partial charge >= 0.3 is 6.61 Å². The van der Waals surface area contributed by atoms with Gasteiger partial charge in [-0.15, -0.1) is 0 Å². The fourth-order valence-electron chi connectivity index (χ4n) is 2.40. The first-order valence-corrected chi connectivity index (χ1v) is 8.08. The molecule has 2 aromatic rings. The molecule has 0 saturated heterocycles. The van der Waals surface area contributed by atoms with Crippen molar-refractivity contribution < 1.29 is 23.0 Å². The Morgan fingerprint density at radius 3 is 2.46 bits per heavy atom. The van der Waals surface area contributed by atoms with E-state index in [-0.39, 0.29) is 17.4 Å². The number of methoxy groups -OCH3 is 1. The minimum absolute atomic E-state index is 0.0326. The molecule has 5 nitrogen and oxygen atoms in total. The predicted octanol–water partition coefficient (Wildman–Crippen LogP) is 3.76. The van der Waals surface area contributed by atoms with Gasteiger partial charge in [-0.1, -0.05) is 24.3 Å². The van der Waals surface area contributed by atoms with E-state index in [1.54, 1.807) is 26.1 Å². The maximum atomic E-state index is 12.5. The second kappa shape index (κ2) is 9.15. The Bertz CT molecular complexity index is 726. The van der Waals surface area contributed by atoms with Crippen LogP contribution in [0.1, 0.15) is 12.5 Å². The van der Waals surface area contributed by atoms with Gasteiger partial charge in [0.25, 0.3) is 0 Å². The summed E-state index contributed by atoms with van der Waals surface area (Å²) in [5.41, 5.74) is 1.44. The number of nitrogens with one attached hydrogen (secondary N) is 1. The van der Waals surface area contributed by atoms with Crippen LogP contribution >= 0.6 is 0 Å². The number of hydrogen-bond acceptors (Lipinski definition) is 4. The average Bonchev–Trinajstić information content (AvgIpc) is 2.61. The predicted molar refractivity (Wildman–Crippen MR) is 95.6 cm³/mol. The Morgan fingerprint density at radius 2 is 1.85 bits per heavy atom. The van der Waals surface area contributed by atoms with E-state index in [0.717, 1.165) is 11.3 Å². The van der Waals surface area contributed by atoms with Crippen molar-refractivity contribution in [1.29, 1.82) is 0 Å². The number of amides is 1. The van der Waals surface area contributed by atoms with Gasteiger partial charge in [-0.05, 0) is 43.8 Å². The van der Waals surface area contributed by atoms with Crippen LogP contribution in [-0.4, -0.2) is 37.6 Å². The zero-order chi connectivity index (χ0) is 19.1. The highest BCUT2D eigenvalue weighted by Gasteiger charge is 2.19. The summed E-state index contributed by atoms with van der Waals surface area (Å²) >= 11 is 0. The van der Waals surface area contributed by atoms with Crippen molar-refractivity contribution in [2.24, 2.45) is 0 Å². The molecule has 1 amide bonds. The molecule has 2 aromatic carbocycles. The zero-order valence-corrected chi connectivity index (χ0v) is 14.9. The number of rotatable bonds is 8. The number of ether oxygens (including phenoxy) is 2. The first-order chi connectivity index (χ1) is 12.4. The van der Waals surface area contributed by atoms with Gasteiger partial charge in [0.05, 0.1) is 13.2 Å². The zero-order valence-electron chi connectivity index (χ0n) is 14.9. The standard InChI is InChI=1S/C19H22F2N2O3/c1-13(18(24)22-15-7-5-4-6-8-15)23(2)12-14-9-10-16(25-3)17(11-14)26-19(20)21/h4-11,13,19H,12H2,1-3H3,(H,22,24). The molecule has 0 radical (unpaired) electrons. The third kappa shape index (κ3) is 5.42. The lowest BCUT2D eigenvalue weighted by atomic mass is 10.1. The van der Waals surface area contributed by atoms with E-state index < -0.39 is 12.7 Å². The van der Waals surface area contributed by atoms with Gasteiger partial charge in [-0.2, -0.15) is 8.78 Å². The van der Waals surface area contributed by atoms with Crippen LogP contribution in [0.2, 0.25) is 0 Å². The van der Waals surface area contributed by atoms with Crippen molar-refractivity contribution in [3.63, 3.8) is 0 Å². The Kier molecular flexibility index (Phi) is 6.91. The summed E-state index contributed by atoms with van der Waals surface area (Å²) < 4.78 is 34.6. The van der Waals surface area contributed by atoms with Gasteiger partial charge < -0.3 is 14.8 Å². The van der Waals surface area contributed by atoms with Crippen molar-refractivity contribution in [3.8, 4) is 11.5 Å². The summed E-state index contributed by atoms with van der Waals surface area (Å²) in [7, 11) is 3.17. The van der Waals surface area contributed by atoms with Crippen LogP contribution < -0.4 is 14.8 Å². The second-order valence-electron chi connectivity index (χ2n) is 5.81. The molecule has 1 unspecified atom stereocenters. The molecule has 26 heavy (non-hydrogen) atoms. The van der Waals surface area contributed by atoms with Crippen LogP contribution in [0.5, 0.6) is 11.5 Å². The van der Waals surface area contributed by atoms with Gasteiger partial charge in [-0.3, -0.25) is 9.69 Å². The van der Waals surface area contributed by atoms with E-state index in [2.05, 4.69) is 10.1 Å². The summed E-state index contributed by atoms with van der Waals surface area (Å²) in [6.07, 6.45) is 0. The lowest BCUT2D eigenvalue weighted by Gasteiger charge is -2.24. The maximum Gasteiger partial charge on any atom is 0.387 e. The number of carbonyl (C=O) groups excluding carboxylic acids is 1. The van der Waals surface area contributed by atoms with Gasteiger partial charge in [0.2, 0.25) is 5.91 Å². The average molecular weight is 364 g/mol. The summed E-state index contributed by atoms with van der Waals surface area (Å²) in [5.74, 6) is 0.0395. The normalized spacial score (nSPS) is 12.1. The molecule has 0 aliphatic heterocycles. The highest BCUT2D eigenvalue weighted by atomic mass is 19.3. The highest BCUT2D eigenvalue weighted by molar-refractivity contribution is 5.94. The lowest BCUT2D eigenvalue weighted by molar-refractivity contribution is -0.120. The van der Waals surface area contributed by atoms with Gasteiger partial charge in [0.15, 0.2) is 11.5 Å². The Labute approximate surface area is 151 Å². The summed E-state index contributed by atoms with van der Waals surface area (Å²) in [6, 6.07) is 13.5. The molecule has 0 saturated carbocycles. The van der Waals surface area contributed by atoms with E-state index in [1.807, 2.05) is 35.2 Å². The summed E-state index contributed by atoms with van der Waals surface area (Å²) in [6.45, 7) is -0.779. The SMILES string of the molecule is COc1ccc(CN(C)C(C)C(=O)Nc2ccccc2)cc1OC(F)F. The van der Waals surface area contributed by atoms with Crippen LogP contribution in [0.3, 0.4) is 0 Å². The number of likely N-dealkylation sites (N-methyl/N-ethyl adjacent to an activating group) is 1. The number of nitrogens with zero attached hydrogens (tertiary/aromatic N) is 1. The van der Waals surface area contributed by atoms with Gasteiger partial charge in [0.1, 0.15) is 0 Å². The minimum atomic E-state index is -2.94. The monoisotopic (exact) mass is 364 g/mol. The smallest absolute Gasteiger partial charge is 0.387 e. The quantitative estimate of drug-likeness (QED) is 0.775. The second-order valence-corrected chi connectivity index (χ2v) is 5.81. The lowest BCUT2D eigenvalue weighted by Crippen LogP contribution is -2.39. The summed E-state index contributed by atoms with van der Waals surface area (Å²) in [5, 5.41) is 2.84. The number of anilines is 1. The van der Waals surface area contributed by atoms with E-state index >= 15 is 0 Å². The molecule has 0 aliphatic carbocycles. The van der Waals surface area contributed by atoms with Crippen molar-refractivity contribution in [3.05, 3.63) is 54.1 Å². The first-order valence-electron chi connectivity index (χ1n) is 8.08. The number of halogens is 2. The van der Waals surface area contributed by atoms with Gasteiger partial charge in [-0.25, -0.2) is 0 Å². The maximum absolute atomic E-state index is 12.5. The molecular formula is C19H22F2N2O3. The van der Waals surface area contributed by atoms with Crippen LogP contribution in [-0.2, 0) is 11.3 Å². The van der Waals surface area contributed by atoms with E-state index in [4.69, 9.17) is 4.74 Å². The highest BCUT2D eigenvalue weighted by Crippen LogP contribution is 2.30. The Morgan fingerprint density at radius 1 is 1.15 bits per heavy atom. The van der Waals surface area contributed by atoms with Crippen molar-refractivity contribution in [1.82, 2.24) is 4.90 Å². The molecule has 0 bridgehead atoms. The van der Waals surface area contributed by atoms with Crippen LogP contribution in [0.25, 0.3) is 0 Å². The molecule has 1 atom stereocenters. The minimum Gasteiger partial charge on any atom is -0.493 e. The molecule has 0 aromatic heterocycles. The number of hydrogen-bond donors (Lipinski definition) is 1. The van der Waals surface area contributed by atoms with Crippen molar-refractivity contribution in [2.75, 3.05) is 19.5 Å². The molecule has 0 spiro atoms. The van der Waals surface area contributed by atoms with E-state index in [9.17, 15) is 13.6 Å². The van der Waals surface area contributed by atoms with Crippen molar-refractivity contribution in [2.45, 2.75) is 26.1 Å². The van der Waals surface area contributed by atoms with E-state index in [0.29, 0.717) is 6.54 Å². The molecule has 0 heterocycles. The van der Waals surface area contributed by atoms with Crippen molar-refractivity contribution >= 4 is 11.6 Å². The van der Waals surface area contributed by atoms with Crippen LogP contribution in [0.4, 0.5) is 14.5 Å². The van der Waals surface area contributed by atoms with E-state index in [1.165, 1.54) is 13.2 Å². The third-order valence-electron chi connectivity index (χ3n) is 3.96. The molecule has 1 N–H and O–H groups in total. The topological polar surface area (TPSA) is 50.8 Å². The number of alkyl halides is 2. The fraction of sp³-hybridized carbons (Fsp3) is 0.316. The number of carbonyl (C=O) groups is 1. The van der Waals surface area contributed by atoms with Crippen LogP contribution in [0.15, 0.2) is 48.5 Å². The Hall–Kier alpha value is -2.67. The molecule has 0 aliphatic rings. The molecule has 140 valence electrons. The van der Waals surface area contributed by atoms with Crippen LogP contribution in [0, 0.1) is 0 Å². The molecule has 7 heteroatoms. The number of benzene rings is 2. The number of para-hydroxylation sites is 1. The molecule has 0 fully saturated rings. The van der Waals surface area contributed by atoms with Gasteiger partial charge in [0, 0.05) is 12.2 Å². The Balaban J connectivity index is 2.03. The third-order valence-corrected chi connectivity index (χ3v) is 3.96. The molecular weight excluding hydrogens is 342 g/mol. The fourth-order valence-corrected chi connectivity index (χ4v) is 2.40.